The number of hydrogen-bond donors (Lipinski definition) is 1. The number of nitrogens with zero attached hydrogens (tertiary/aromatic N) is 2. The number of aliphatic carboxylic acids is 1. The second kappa shape index (κ2) is 6.44. The van der Waals surface area contributed by atoms with E-state index in [9.17, 15) is 9.59 Å². The van der Waals surface area contributed by atoms with Gasteiger partial charge in [-0.15, -0.1) is 0 Å². The molecule has 6 heteroatoms. The number of carbonyl (C=O) groups is 2. The Hall–Kier alpha value is -1.30. The van der Waals surface area contributed by atoms with Crippen molar-refractivity contribution in [2.24, 2.45) is 0 Å². The zero-order chi connectivity index (χ0) is 12.8. The Morgan fingerprint density at radius 1 is 1.41 bits per heavy atom. The van der Waals surface area contributed by atoms with Crippen LogP contribution in [0.4, 0.5) is 4.79 Å². The van der Waals surface area contributed by atoms with Crippen LogP contribution in [0.2, 0.25) is 0 Å². The van der Waals surface area contributed by atoms with Gasteiger partial charge in [0.05, 0.1) is 6.61 Å². The van der Waals surface area contributed by atoms with Gasteiger partial charge in [0.15, 0.2) is 0 Å². The first-order valence-electron chi connectivity index (χ1n) is 5.86. The molecule has 0 saturated heterocycles. The number of methoxy groups -OCH3 is 1. The summed E-state index contributed by atoms with van der Waals surface area (Å²) < 4.78 is 4.97. The van der Waals surface area contributed by atoms with E-state index < -0.39 is 5.97 Å². The van der Waals surface area contributed by atoms with Crippen molar-refractivity contribution < 1.29 is 19.4 Å². The summed E-state index contributed by atoms with van der Waals surface area (Å²) in [6.07, 6.45) is 2.00. The van der Waals surface area contributed by atoms with Gasteiger partial charge in [-0.05, 0) is 19.8 Å². The molecule has 1 rings (SSSR count). The van der Waals surface area contributed by atoms with Crippen LogP contribution in [-0.2, 0) is 9.53 Å². The number of amides is 2. The maximum Gasteiger partial charge on any atom is 0.323 e. The van der Waals surface area contributed by atoms with Crippen molar-refractivity contribution >= 4 is 12.0 Å². The van der Waals surface area contributed by atoms with Crippen LogP contribution < -0.4 is 0 Å². The number of carboxylic acids is 1. The Bertz CT molecular complexity index is 279. The number of likely N-dealkylation sites (N-methyl/N-ethyl adjacent to an activating group) is 1. The molecule has 0 aromatic carbocycles. The summed E-state index contributed by atoms with van der Waals surface area (Å²) in [6.45, 7) is 2.94. The Morgan fingerprint density at radius 3 is 2.47 bits per heavy atom. The van der Waals surface area contributed by atoms with Crippen molar-refractivity contribution in [1.82, 2.24) is 9.80 Å². The smallest absolute Gasteiger partial charge is 0.323 e. The first-order chi connectivity index (χ1) is 8.10. The Balaban J connectivity index is 2.57. The lowest BCUT2D eigenvalue weighted by Gasteiger charge is -2.28. The molecule has 0 bridgehead atoms. The third-order valence-electron chi connectivity index (χ3n) is 2.75. The van der Waals surface area contributed by atoms with Crippen molar-refractivity contribution in [2.45, 2.75) is 25.8 Å². The van der Waals surface area contributed by atoms with Gasteiger partial charge in [-0.25, -0.2) is 4.79 Å². The molecule has 6 nitrogen and oxygen atoms in total. The van der Waals surface area contributed by atoms with Gasteiger partial charge in [-0.1, -0.05) is 0 Å². The molecule has 1 saturated carbocycles. The molecular weight excluding hydrogens is 224 g/mol. The zero-order valence-electron chi connectivity index (χ0n) is 10.4. The Kier molecular flexibility index (Phi) is 5.21. The number of hydrogen-bond acceptors (Lipinski definition) is 3. The van der Waals surface area contributed by atoms with E-state index >= 15 is 0 Å². The maximum atomic E-state index is 12.1. The highest BCUT2D eigenvalue weighted by molar-refractivity contribution is 5.80. The normalized spacial score (nSPS) is 14.5. The van der Waals surface area contributed by atoms with E-state index in [0.29, 0.717) is 19.7 Å². The van der Waals surface area contributed by atoms with Gasteiger partial charge in [-0.2, -0.15) is 0 Å². The molecule has 0 aromatic rings. The zero-order valence-corrected chi connectivity index (χ0v) is 10.4. The molecule has 0 spiro atoms. The highest BCUT2D eigenvalue weighted by Crippen LogP contribution is 2.27. The van der Waals surface area contributed by atoms with Gasteiger partial charge in [0.2, 0.25) is 0 Å². The number of urea groups is 1. The summed E-state index contributed by atoms with van der Waals surface area (Å²) >= 11 is 0. The summed E-state index contributed by atoms with van der Waals surface area (Å²) in [4.78, 5) is 25.9. The van der Waals surface area contributed by atoms with Crippen LogP contribution in [0.3, 0.4) is 0 Å². The fourth-order valence-electron chi connectivity index (χ4n) is 1.67. The van der Waals surface area contributed by atoms with Gasteiger partial charge in [0.1, 0.15) is 6.54 Å². The standard InChI is InChI=1S/C11H20N2O4/c1-3-12(8-10(14)15)11(16)13(6-7-17-2)9-4-5-9/h9H,3-8H2,1-2H3,(H,14,15). The van der Waals surface area contributed by atoms with Crippen LogP contribution in [-0.4, -0.2) is 66.3 Å². The van der Waals surface area contributed by atoms with E-state index in [2.05, 4.69) is 0 Å². The van der Waals surface area contributed by atoms with Crippen LogP contribution >= 0.6 is 0 Å². The van der Waals surface area contributed by atoms with Gasteiger partial charge < -0.3 is 19.6 Å². The Morgan fingerprint density at radius 2 is 2.06 bits per heavy atom. The molecule has 17 heavy (non-hydrogen) atoms. The fraction of sp³-hybridized carbons (Fsp3) is 0.818. The lowest BCUT2D eigenvalue weighted by atomic mass is 10.4. The average molecular weight is 244 g/mol. The van der Waals surface area contributed by atoms with Crippen molar-refractivity contribution in [2.75, 3.05) is 33.4 Å². The highest BCUT2D eigenvalue weighted by Gasteiger charge is 2.34. The molecule has 0 radical (unpaired) electrons. The van der Waals surface area contributed by atoms with Gasteiger partial charge in [-0.3, -0.25) is 4.79 Å². The number of ether oxygens (including phenoxy) is 1. The largest absolute Gasteiger partial charge is 0.480 e. The molecular formula is C11H20N2O4. The van der Waals surface area contributed by atoms with Gasteiger partial charge in [0.25, 0.3) is 0 Å². The summed E-state index contributed by atoms with van der Waals surface area (Å²) in [7, 11) is 1.59. The molecule has 1 aliphatic rings. The van der Waals surface area contributed by atoms with Crippen LogP contribution in [0.25, 0.3) is 0 Å². The minimum Gasteiger partial charge on any atom is -0.480 e. The average Bonchev–Trinajstić information content (AvgIpc) is 3.10. The number of carbonyl (C=O) groups excluding carboxylic acids is 1. The monoisotopic (exact) mass is 244 g/mol. The minimum absolute atomic E-state index is 0.200. The van der Waals surface area contributed by atoms with Crippen LogP contribution in [0.15, 0.2) is 0 Å². The van der Waals surface area contributed by atoms with E-state index in [1.807, 2.05) is 0 Å². The number of carboxylic acid groups (broad SMARTS) is 1. The van der Waals surface area contributed by atoms with Crippen molar-refractivity contribution in [3.05, 3.63) is 0 Å². The quantitative estimate of drug-likeness (QED) is 0.713. The molecule has 1 fully saturated rings. The molecule has 0 aliphatic heterocycles. The Labute approximate surface area is 101 Å². The van der Waals surface area contributed by atoms with Crippen LogP contribution in [0.1, 0.15) is 19.8 Å². The molecule has 1 N–H and O–H groups in total. The third kappa shape index (κ3) is 4.22. The van der Waals surface area contributed by atoms with Crippen molar-refractivity contribution in [3.8, 4) is 0 Å². The van der Waals surface area contributed by atoms with E-state index in [-0.39, 0.29) is 18.6 Å². The first kappa shape index (κ1) is 13.8. The predicted molar refractivity (Wildman–Crippen MR) is 61.9 cm³/mol. The number of rotatable bonds is 7. The molecule has 0 aromatic heterocycles. The van der Waals surface area contributed by atoms with Crippen LogP contribution in [0.5, 0.6) is 0 Å². The second-order valence-corrected chi connectivity index (χ2v) is 4.11. The molecule has 0 atom stereocenters. The summed E-state index contributed by atoms with van der Waals surface area (Å²) in [5.74, 6) is -0.984. The topological polar surface area (TPSA) is 70.1 Å². The summed E-state index contributed by atoms with van der Waals surface area (Å²) in [5, 5.41) is 8.74. The molecule has 2 amide bonds. The minimum atomic E-state index is -0.984. The lowest BCUT2D eigenvalue weighted by Crippen LogP contribution is -2.47. The summed E-state index contributed by atoms with van der Waals surface area (Å²) in [6, 6.07) is 0.0648. The van der Waals surface area contributed by atoms with Crippen molar-refractivity contribution in [1.29, 1.82) is 0 Å². The molecule has 0 heterocycles. The molecule has 0 unspecified atom stereocenters. The fourth-order valence-corrected chi connectivity index (χ4v) is 1.67. The van der Waals surface area contributed by atoms with E-state index in [1.54, 1.807) is 18.9 Å². The lowest BCUT2D eigenvalue weighted by molar-refractivity contribution is -0.137. The van der Waals surface area contributed by atoms with E-state index in [1.165, 1.54) is 4.90 Å². The highest BCUT2D eigenvalue weighted by atomic mass is 16.5. The third-order valence-corrected chi connectivity index (χ3v) is 2.75. The first-order valence-corrected chi connectivity index (χ1v) is 5.86. The molecule has 1 aliphatic carbocycles. The van der Waals surface area contributed by atoms with Crippen molar-refractivity contribution in [3.63, 3.8) is 0 Å². The maximum absolute atomic E-state index is 12.1. The van der Waals surface area contributed by atoms with Crippen LogP contribution in [0, 0.1) is 0 Å². The predicted octanol–water partition coefficient (Wildman–Crippen LogP) is 0.624. The SMILES string of the molecule is CCN(CC(=O)O)C(=O)N(CCOC)C1CC1. The second-order valence-electron chi connectivity index (χ2n) is 4.11. The van der Waals surface area contributed by atoms with E-state index in [4.69, 9.17) is 9.84 Å². The summed E-state index contributed by atoms with van der Waals surface area (Å²) in [5.41, 5.74) is 0. The van der Waals surface area contributed by atoms with E-state index in [0.717, 1.165) is 12.8 Å². The molecule has 98 valence electrons. The van der Waals surface area contributed by atoms with Gasteiger partial charge >= 0.3 is 12.0 Å². The van der Waals surface area contributed by atoms with Gasteiger partial charge in [0, 0.05) is 26.2 Å².